The number of carboxylic acids is 1. The second kappa shape index (κ2) is 5.36. The number of carbonyl (C=O) groups is 2. The highest BCUT2D eigenvalue weighted by Gasteiger charge is 2.51. The Morgan fingerprint density at radius 3 is 2.75 bits per heavy atom. The third-order valence-electron chi connectivity index (χ3n) is 4.17. The molecular weight excluding hydrogens is 276 g/mol. The number of aromatic nitrogens is 1. The van der Waals surface area contributed by atoms with Crippen LogP contribution in [0.3, 0.4) is 0 Å². The highest BCUT2D eigenvalue weighted by Crippen LogP contribution is 2.48. The van der Waals surface area contributed by atoms with E-state index in [9.17, 15) is 14.7 Å². The van der Waals surface area contributed by atoms with Gasteiger partial charge in [-0.15, -0.1) is 11.3 Å². The minimum Gasteiger partial charge on any atom is -0.481 e. The Morgan fingerprint density at radius 1 is 1.35 bits per heavy atom. The van der Waals surface area contributed by atoms with Gasteiger partial charge in [-0.05, 0) is 18.3 Å². The molecule has 1 saturated carbocycles. The van der Waals surface area contributed by atoms with Gasteiger partial charge in [0.1, 0.15) is 0 Å². The molecule has 2 aliphatic rings. The van der Waals surface area contributed by atoms with E-state index in [1.54, 1.807) is 17.5 Å². The number of hydrogen-bond donors (Lipinski definition) is 2. The van der Waals surface area contributed by atoms with E-state index in [4.69, 9.17) is 0 Å². The van der Waals surface area contributed by atoms with Crippen molar-refractivity contribution in [3.8, 4) is 0 Å². The Morgan fingerprint density at radius 2 is 2.10 bits per heavy atom. The average molecular weight is 292 g/mol. The Kier molecular flexibility index (Phi) is 3.56. The molecule has 5 nitrogen and oxygen atoms in total. The predicted molar refractivity (Wildman–Crippen MR) is 74.2 cm³/mol. The van der Waals surface area contributed by atoms with Crippen LogP contribution in [0.4, 0.5) is 0 Å². The quantitative estimate of drug-likeness (QED) is 0.802. The molecule has 0 saturated heterocycles. The molecule has 0 radical (unpaired) electrons. The summed E-state index contributed by atoms with van der Waals surface area (Å²) in [4.78, 5) is 27.8. The van der Waals surface area contributed by atoms with Gasteiger partial charge in [-0.3, -0.25) is 9.59 Å². The van der Waals surface area contributed by atoms with E-state index < -0.39 is 17.8 Å². The molecule has 1 heterocycles. The topological polar surface area (TPSA) is 79.3 Å². The highest BCUT2D eigenvalue weighted by atomic mass is 32.1. The fourth-order valence-corrected chi connectivity index (χ4v) is 3.92. The molecule has 106 valence electrons. The molecule has 2 N–H and O–H groups in total. The van der Waals surface area contributed by atoms with Crippen LogP contribution in [-0.4, -0.2) is 28.5 Å². The molecule has 1 amide bonds. The third kappa shape index (κ3) is 2.35. The molecule has 1 fully saturated rings. The van der Waals surface area contributed by atoms with E-state index >= 15 is 0 Å². The Balaban J connectivity index is 1.59. The van der Waals surface area contributed by atoms with Crippen molar-refractivity contribution in [3.63, 3.8) is 0 Å². The maximum atomic E-state index is 12.3. The van der Waals surface area contributed by atoms with Gasteiger partial charge in [-0.25, -0.2) is 4.98 Å². The van der Waals surface area contributed by atoms with E-state index in [-0.39, 0.29) is 17.7 Å². The van der Waals surface area contributed by atoms with Crippen LogP contribution in [-0.2, 0) is 16.0 Å². The van der Waals surface area contributed by atoms with Crippen molar-refractivity contribution in [2.45, 2.75) is 12.8 Å². The number of carboxylic acid groups (broad SMARTS) is 1. The maximum Gasteiger partial charge on any atom is 0.307 e. The van der Waals surface area contributed by atoms with Gasteiger partial charge in [-0.1, -0.05) is 12.2 Å². The van der Waals surface area contributed by atoms with Crippen molar-refractivity contribution in [1.29, 1.82) is 0 Å². The Bertz CT molecular complexity index is 541. The van der Waals surface area contributed by atoms with Crippen molar-refractivity contribution in [1.82, 2.24) is 10.3 Å². The van der Waals surface area contributed by atoms with Gasteiger partial charge in [0.25, 0.3) is 0 Å². The number of rotatable bonds is 5. The van der Waals surface area contributed by atoms with E-state index in [0.29, 0.717) is 13.0 Å². The molecule has 0 spiro atoms. The van der Waals surface area contributed by atoms with E-state index in [0.717, 1.165) is 11.4 Å². The lowest BCUT2D eigenvalue weighted by Gasteiger charge is -2.23. The summed E-state index contributed by atoms with van der Waals surface area (Å²) in [5.74, 6) is -1.87. The zero-order chi connectivity index (χ0) is 14.1. The van der Waals surface area contributed by atoms with Gasteiger partial charge in [0.2, 0.25) is 5.91 Å². The first kappa shape index (κ1) is 13.3. The minimum absolute atomic E-state index is 0.0206. The highest BCUT2D eigenvalue weighted by molar-refractivity contribution is 7.09. The van der Waals surface area contributed by atoms with Gasteiger partial charge in [0.05, 0.1) is 16.8 Å². The van der Waals surface area contributed by atoms with Crippen molar-refractivity contribution in [3.05, 3.63) is 28.7 Å². The van der Waals surface area contributed by atoms with Crippen LogP contribution in [0.1, 0.15) is 11.4 Å². The normalized spacial score (nSPS) is 30.6. The summed E-state index contributed by atoms with van der Waals surface area (Å²) in [7, 11) is 0. The zero-order valence-electron chi connectivity index (χ0n) is 10.9. The lowest BCUT2D eigenvalue weighted by Crippen LogP contribution is -2.40. The van der Waals surface area contributed by atoms with Crippen molar-refractivity contribution >= 4 is 23.2 Å². The summed E-state index contributed by atoms with van der Waals surface area (Å²) < 4.78 is 0. The minimum atomic E-state index is -0.859. The number of nitrogens with one attached hydrogen (secondary N) is 1. The van der Waals surface area contributed by atoms with Gasteiger partial charge in [-0.2, -0.15) is 0 Å². The van der Waals surface area contributed by atoms with Crippen molar-refractivity contribution in [2.24, 2.45) is 23.7 Å². The van der Waals surface area contributed by atoms with Crippen LogP contribution in [0.25, 0.3) is 0 Å². The Hall–Kier alpha value is -1.69. The first-order valence-electron chi connectivity index (χ1n) is 6.74. The molecule has 4 unspecified atom stereocenters. The maximum absolute atomic E-state index is 12.3. The number of carbonyl (C=O) groups excluding carboxylic acids is 1. The fraction of sp³-hybridized carbons (Fsp3) is 0.500. The predicted octanol–water partition coefficient (Wildman–Crippen LogP) is 1.32. The van der Waals surface area contributed by atoms with E-state index in [2.05, 4.69) is 10.3 Å². The number of nitrogens with zero attached hydrogens (tertiary/aromatic N) is 1. The molecule has 1 aromatic rings. The van der Waals surface area contributed by atoms with Crippen LogP contribution >= 0.6 is 11.3 Å². The fourth-order valence-electron chi connectivity index (χ4n) is 3.30. The second-order valence-electron chi connectivity index (χ2n) is 5.30. The number of thiazole rings is 1. The van der Waals surface area contributed by atoms with Crippen LogP contribution < -0.4 is 5.32 Å². The van der Waals surface area contributed by atoms with Crippen molar-refractivity contribution < 1.29 is 14.7 Å². The summed E-state index contributed by atoms with van der Waals surface area (Å²) in [6.07, 6.45) is 7.17. The molecule has 4 atom stereocenters. The second-order valence-corrected chi connectivity index (χ2v) is 6.28. The number of amides is 1. The lowest BCUT2D eigenvalue weighted by molar-refractivity contribution is -0.147. The zero-order valence-corrected chi connectivity index (χ0v) is 11.7. The van der Waals surface area contributed by atoms with Gasteiger partial charge >= 0.3 is 5.97 Å². The molecule has 0 aliphatic heterocycles. The number of aliphatic carboxylic acids is 1. The molecule has 6 heteroatoms. The summed E-state index contributed by atoms with van der Waals surface area (Å²) in [5.41, 5.74) is 0. The number of fused-ring (bicyclic) bond motifs is 2. The van der Waals surface area contributed by atoms with Crippen LogP contribution in [0.15, 0.2) is 23.7 Å². The molecule has 0 aromatic carbocycles. The summed E-state index contributed by atoms with van der Waals surface area (Å²) in [6, 6.07) is 0. The number of hydrogen-bond acceptors (Lipinski definition) is 4. The summed E-state index contributed by atoms with van der Waals surface area (Å²) in [6.45, 7) is 0.510. The lowest BCUT2D eigenvalue weighted by atomic mass is 9.82. The molecule has 2 aliphatic carbocycles. The molecule has 3 rings (SSSR count). The molecule has 20 heavy (non-hydrogen) atoms. The molecule has 1 aromatic heterocycles. The van der Waals surface area contributed by atoms with Gasteiger partial charge in [0, 0.05) is 24.5 Å². The summed E-state index contributed by atoms with van der Waals surface area (Å²) in [5, 5.41) is 15.1. The van der Waals surface area contributed by atoms with Gasteiger partial charge in [0.15, 0.2) is 0 Å². The smallest absolute Gasteiger partial charge is 0.307 e. The van der Waals surface area contributed by atoms with E-state index in [1.807, 2.05) is 17.5 Å². The third-order valence-corrected chi connectivity index (χ3v) is 5.01. The largest absolute Gasteiger partial charge is 0.481 e. The summed E-state index contributed by atoms with van der Waals surface area (Å²) >= 11 is 1.56. The van der Waals surface area contributed by atoms with Crippen molar-refractivity contribution in [2.75, 3.05) is 6.54 Å². The molecule has 2 bridgehead atoms. The van der Waals surface area contributed by atoms with Crippen LogP contribution in [0, 0.1) is 23.7 Å². The van der Waals surface area contributed by atoms with E-state index in [1.165, 1.54) is 0 Å². The molecular formula is C14H16N2O3S. The monoisotopic (exact) mass is 292 g/mol. The number of allylic oxidation sites excluding steroid dienone is 2. The van der Waals surface area contributed by atoms with Gasteiger partial charge < -0.3 is 10.4 Å². The standard InChI is InChI=1S/C14H16N2O3S/c17-13(16-4-3-10-15-5-6-20-10)11-8-1-2-9(7-8)12(11)14(18)19/h1-2,5-6,8-9,11-12H,3-4,7H2,(H,16,17)(H,18,19). The SMILES string of the molecule is O=C(O)C1C2C=CC(C2)C1C(=O)NCCc1nccs1. The van der Waals surface area contributed by atoms with Crippen LogP contribution in [0.5, 0.6) is 0 Å². The first-order valence-corrected chi connectivity index (χ1v) is 7.62. The van der Waals surface area contributed by atoms with Crippen LogP contribution in [0.2, 0.25) is 0 Å². The first-order chi connectivity index (χ1) is 9.66. The Labute approximate surface area is 120 Å². The average Bonchev–Trinajstić information content (AvgIpc) is 3.13.